The van der Waals surface area contributed by atoms with Crippen molar-refractivity contribution in [1.82, 2.24) is 0 Å². The number of hydrogen-bond donors (Lipinski definition) is 1. The van der Waals surface area contributed by atoms with Crippen molar-refractivity contribution in [3.63, 3.8) is 0 Å². The molecule has 0 spiro atoms. The second-order valence-corrected chi connectivity index (χ2v) is 3.40. The molecule has 0 radical (unpaired) electrons. The summed E-state index contributed by atoms with van der Waals surface area (Å²) in [6.45, 7) is 0.176. The molecule has 15 heavy (non-hydrogen) atoms. The van der Waals surface area contributed by atoms with E-state index < -0.39 is 0 Å². The monoisotopic (exact) mass is 206 g/mol. The van der Waals surface area contributed by atoms with E-state index in [0.717, 1.165) is 29.1 Å². The summed E-state index contributed by atoms with van der Waals surface area (Å²) < 4.78 is 10.7. The molecule has 0 aromatic carbocycles. The van der Waals surface area contributed by atoms with Gasteiger partial charge in [-0.25, -0.2) is 0 Å². The molecule has 0 saturated carbocycles. The number of ether oxygens (including phenoxy) is 1. The first kappa shape index (κ1) is 10.1. The van der Waals surface area contributed by atoms with E-state index in [1.807, 2.05) is 18.2 Å². The number of aryl methyl sites for hydroxylation is 1. The molecule has 0 aromatic rings. The lowest BCUT2D eigenvalue weighted by atomic mass is 10.1. The second kappa shape index (κ2) is 4.36. The van der Waals surface area contributed by atoms with Gasteiger partial charge in [-0.15, -0.1) is 0 Å². The summed E-state index contributed by atoms with van der Waals surface area (Å²) in [6.07, 6.45) is 3.11. The quantitative estimate of drug-likeness (QED) is 0.834. The molecule has 3 heteroatoms. The standard InChI is InChI=1S/C12H14O3/c1-14-10-5-4-9-6-8-15-11(12(9)10)3-2-7-13/h4-6,8,13H,2-3,7H2,1H3. The Morgan fingerprint density at radius 3 is 2.93 bits per heavy atom. The van der Waals surface area contributed by atoms with Crippen LogP contribution in [0.4, 0.5) is 0 Å². The van der Waals surface area contributed by atoms with Crippen molar-refractivity contribution in [3.05, 3.63) is 30.2 Å². The maximum atomic E-state index is 8.80. The zero-order valence-corrected chi connectivity index (χ0v) is 8.69. The van der Waals surface area contributed by atoms with Crippen LogP contribution in [0.5, 0.6) is 5.75 Å². The maximum Gasteiger partial charge on any atom is 0.130 e. The number of methoxy groups -OCH3 is 1. The van der Waals surface area contributed by atoms with Crippen molar-refractivity contribution in [1.29, 1.82) is 0 Å². The molecule has 1 N–H and O–H groups in total. The first-order chi connectivity index (χ1) is 7.36. The minimum absolute atomic E-state index is 0.176. The topological polar surface area (TPSA) is 42.6 Å². The summed E-state index contributed by atoms with van der Waals surface area (Å²) in [4.78, 5) is 0. The van der Waals surface area contributed by atoms with E-state index in [1.165, 1.54) is 0 Å². The molecule has 0 atom stereocenters. The van der Waals surface area contributed by atoms with Gasteiger partial charge >= 0.3 is 0 Å². The summed E-state index contributed by atoms with van der Waals surface area (Å²) in [6, 6.07) is 5.86. The van der Waals surface area contributed by atoms with Gasteiger partial charge in [0.25, 0.3) is 0 Å². The molecule has 1 aliphatic heterocycles. The van der Waals surface area contributed by atoms with Crippen LogP contribution in [0, 0.1) is 0 Å². The van der Waals surface area contributed by atoms with Crippen molar-refractivity contribution in [2.75, 3.05) is 13.7 Å². The van der Waals surface area contributed by atoms with Gasteiger partial charge in [-0.2, -0.15) is 0 Å². The van der Waals surface area contributed by atoms with Crippen LogP contribution in [0.1, 0.15) is 12.2 Å². The van der Waals surface area contributed by atoms with Gasteiger partial charge in [-0.05, 0) is 24.1 Å². The summed E-state index contributed by atoms with van der Waals surface area (Å²) >= 11 is 0. The Morgan fingerprint density at radius 1 is 1.33 bits per heavy atom. The van der Waals surface area contributed by atoms with E-state index in [0.29, 0.717) is 6.42 Å². The van der Waals surface area contributed by atoms with E-state index in [4.69, 9.17) is 14.3 Å². The summed E-state index contributed by atoms with van der Waals surface area (Å²) in [7, 11) is 1.65. The maximum absolute atomic E-state index is 8.80. The van der Waals surface area contributed by atoms with Gasteiger partial charge in [0.05, 0.1) is 18.9 Å². The van der Waals surface area contributed by atoms with Gasteiger partial charge in [0, 0.05) is 13.0 Å². The van der Waals surface area contributed by atoms with Crippen LogP contribution in [0.25, 0.3) is 11.1 Å². The van der Waals surface area contributed by atoms with E-state index in [-0.39, 0.29) is 6.61 Å². The van der Waals surface area contributed by atoms with Crippen molar-refractivity contribution in [3.8, 4) is 16.9 Å². The Morgan fingerprint density at radius 2 is 2.20 bits per heavy atom. The number of aliphatic hydroxyl groups is 1. The van der Waals surface area contributed by atoms with Crippen LogP contribution < -0.4 is 4.74 Å². The average molecular weight is 206 g/mol. The number of aliphatic hydroxyl groups excluding tert-OH is 1. The molecule has 0 aromatic heterocycles. The summed E-state index contributed by atoms with van der Waals surface area (Å²) in [5.41, 5.74) is 2.14. The van der Waals surface area contributed by atoms with Gasteiger partial charge in [-0.1, -0.05) is 6.07 Å². The average Bonchev–Trinajstić information content (AvgIpc) is 2.69. The Balaban J connectivity index is 2.40. The highest BCUT2D eigenvalue weighted by Crippen LogP contribution is 2.37. The van der Waals surface area contributed by atoms with E-state index in [2.05, 4.69) is 0 Å². The minimum Gasteiger partial charge on any atom is -0.496 e. The highest BCUT2D eigenvalue weighted by molar-refractivity contribution is 5.75. The fourth-order valence-corrected chi connectivity index (χ4v) is 1.75. The molecular formula is C12H14O3. The molecule has 2 aliphatic rings. The first-order valence-electron chi connectivity index (χ1n) is 5.00. The Bertz CT molecular complexity index is 406. The van der Waals surface area contributed by atoms with Crippen LogP contribution in [-0.4, -0.2) is 18.8 Å². The lowest BCUT2D eigenvalue weighted by Gasteiger charge is -2.08. The van der Waals surface area contributed by atoms with Gasteiger partial charge in [0.15, 0.2) is 0 Å². The van der Waals surface area contributed by atoms with E-state index in [9.17, 15) is 0 Å². The van der Waals surface area contributed by atoms with Crippen molar-refractivity contribution >= 4 is 0 Å². The zero-order chi connectivity index (χ0) is 10.7. The highest BCUT2D eigenvalue weighted by atomic mass is 16.5. The normalized spacial score (nSPS) is 10.8. The second-order valence-electron chi connectivity index (χ2n) is 3.40. The first-order valence-corrected chi connectivity index (χ1v) is 5.00. The molecule has 1 heterocycles. The SMILES string of the molecule is COc1ccc2ccoc(CCCO)c1-2. The van der Waals surface area contributed by atoms with Crippen LogP contribution >= 0.6 is 0 Å². The molecule has 3 nitrogen and oxygen atoms in total. The Hall–Kier alpha value is -1.48. The van der Waals surface area contributed by atoms with Crippen molar-refractivity contribution < 1.29 is 14.3 Å². The highest BCUT2D eigenvalue weighted by Gasteiger charge is 2.16. The van der Waals surface area contributed by atoms with E-state index in [1.54, 1.807) is 13.4 Å². The third-order valence-electron chi connectivity index (χ3n) is 2.47. The smallest absolute Gasteiger partial charge is 0.130 e. The number of rotatable bonds is 4. The van der Waals surface area contributed by atoms with Crippen molar-refractivity contribution in [2.45, 2.75) is 12.8 Å². The molecule has 80 valence electrons. The lowest BCUT2D eigenvalue weighted by molar-refractivity contribution is 0.283. The molecule has 1 aliphatic carbocycles. The number of fused-ring (bicyclic) bond motifs is 1. The van der Waals surface area contributed by atoms with Crippen molar-refractivity contribution in [2.24, 2.45) is 0 Å². The minimum atomic E-state index is 0.176. The van der Waals surface area contributed by atoms with Gasteiger partial charge in [-0.3, -0.25) is 0 Å². The van der Waals surface area contributed by atoms with Crippen LogP contribution in [-0.2, 0) is 6.42 Å². The molecule has 2 rings (SSSR count). The summed E-state index contributed by atoms with van der Waals surface area (Å²) in [5.74, 6) is 1.71. The molecule has 0 saturated heterocycles. The van der Waals surface area contributed by atoms with Crippen LogP contribution in [0.3, 0.4) is 0 Å². The van der Waals surface area contributed by atoms with Crippen LogP contribution in [0.2, 0.25) is 0 Å². The fraction of sp³-hybridized carbons (Fsp3) is 0.333. The zero-order valence-electron chi connectivity index (χ0n) is 8.69. The van der Waals surface area contributed by atoms with Gasteiger partial charge in [0.1, 0.15) is 11.5 Å². The molecular weight excluding hydrogens is 192 g/mol. The predicted octanol–water partition coefficient (Wildman–Crippen LogP) is 2.32. The Kier molecular flexibility index (Phi) is 2.92. The lowest BCUT2D eigenvalue weighted by Crippen LogP contribution is -1.94. The Labute approximate surface area is 88.6 Å². The van der Waals surface area contributed by atoms with Crippen LogP contribution in [0.15, 0.2) is 28.9 Å². The predicted molar refractivity (Wildman–Crippen MR) is 57.3 cm³/mol. The summed E-state index contributed by atoms with van der Waals surface area (Å²) in [5, 5.41) is 8.80. The molecule has 0 fully saturated rings. The molecule has 0 unspecified atom stereocenters. The fourth-order valence-electron chi connectivity index (χ4n) is 1.75. The molecule has 0 amide bonds. The third kappa shape index (κ3) is 1.83. The van der Waals surface area contributed by atoms with E-state index >= 15 is 0 Å². The largest absolute Gasteiger partial charge is 0.496 e. The number of hydrogen-bond acceptors (Lipinski definition) is 3. The van der Waals surface area contributed by atoms with Gasteiger partial charge in [0.2, 0.25) is 0 Å². The van der Waals surface area contributed by atoms with Gasteiger partial charge < -0.3 is 14.3 Å². The third-order valence-corrected chi connectivity index (χ3v) is 2.47. The molecule has 0 bridgehead atoms.